The number of anilines is 1. The zero-order valence-corrected chi connectivity index (χ0v) is 12.5. The molecule has 1 aliphatic heterocycles. The number of hydrogen-bond donors (Lipinski definition) is 3. The van der Waals surface area contributed by atoms with Crippen molar-refractivity contribution in [2.24, 2.45) is 0 Å². The van der Waals surface area contributed by atoms with Crippen molar-refractivity contribution in [3.8, 4) is 0 Å². The molecule has 0 aromatic heterocycles. The van der Waals surface area contributed by atoms with Gasteiger partial charge in [-0.3, -0.25) is 19.8 Å². The molecule has 1 fully saturated rings. The molecule has 0 unspecified atom stereocenters. The number of hydrogen-bond acceptors (Lipinski definition) is 5. The molecule has 0 bridgehead atoms. The Morgan fingerprint density at radius 1 is 1.32 bits per heavy atom. The SMILES string of the molecule is O=C(CCCO)NN[C@H]1CC(=O)N(c2ccc(Cl)cc2)C1=O. The molecule has 1 saturated heterocycles. The van der Waals surface area contributed by atoms with E-state index in [0.29, 0.717) is 17.1 Å². The highest BCUT2D eigenvalue weighted by Gasteiger charge is 2.39. The van der Waals surface area contributed by atoms with Crippen LogP contribution in [0.3, 0.4) is 0 Å². The van der Waals surface area contributed by atoms with E-state index in [1.165, 1.54) is 0 Å². The van der Waals surface area contributed by atoms with Crippen LogP contribution in [0.4, 0.5) is 5.69 Å². The Morgan fingerprint density at radius 2 is 2.00 bits per heavy atom. The molecular formula is C14H16ClN3O4. The molecule has 22 heavy (non-hydrogen) atoms. The number of nitrogens with one attached hydrogen (secondary N) is 2. The van der Waals surface area contributed by atoms with Gasteiger partial charge in [0.05, 0.1) is 12.1 Å². The number of halogens is 1. The smallest absolute Gasteiger partial charge is 0.253 e. The topological polar surface area (TPSA) is 98.7 Å². The summed E-state index contributed by atoms with van der Waals surface area (Å²) < 4.78 is 0. The maximum absolute atomic E-state index is 12.2. The zero-order chi connectivity index (χ0) is 16.1. The van der Waals surface area contributed by atoms with Crippen LogP contribution in [0.2, 0.25) is 5.02 Å². The molecule has 1 aliphatic rings. The second-order valence-electron chi connectivity index (χ2n) is 4.82. The molecule has 1 atom stereocenters. The van der Waals surface area contributed by atoms with Gasteiger partial charge in [-0.2, -0.15) is 0 Å². The van der Waals surface area contributed by atoms with Crippen LogP contribution < -0.4 is 15.8 Å². The fraction of sp³-hybridized carbons (Fsp3) is 0.357. The van der Waals surface area contributed by atoms with E-state index in [1.54, 1.807) is 24.3 Å². The maximum Gasteiger partial charge on any atom is 0.253 e. The van der Waals surface area contributed by atoms with Crippen molar-refractivity contribution in [1.82, 2.24) is 10.9 Å². The second-order valence-corrected chi connectivity index (χ2v) is 5.26. The molecule has 0 saturated carbocycles. The van der Waals surface area contributed by atoms with Crippen LogP contribution >= 0.6 is 11.6 Å². The van der Waals surface area contributed by atoms with Gasteiger partial charge in [0.15, 0.2) is 0 Å². The molecule has 3 N–H and O–H groups in total. The number of rotatable bonds is 6. The minimum absolute atomic E-state index is 0.0399. The quantitative estimate of drug-likeness (QED) is 0.518. The Morgan fingerprint density at radius 3 is 2.64 bits per heavy atom. The number of hydrazine groups is 1. The molecule has 1 aromatic carbocycles. The van der Waals surface area contributed by atoms with E-state index in [2.05, 4.69) is 10.9 Å². The Hall–Kier alpha value is -1.96. The van der Waals surface area contributed by atoms with E-state index < -0.39 is 11.9 Å². The normalized spacial score (nSPS) is 17.9. The van der Waals surface area contributed by atoms with E-state index in [4.69, 9.17) is 16.7 Å². The molecule has 118 valence electrons. The van der Waals surface area contributed by atoms with Crippen molar-refractivity contribution in [2.75, 3.05) is 11.5 Å². The summed E-state index contributed by atoms with van der Waals surface area (Å²) in [5.41, 5.74) is 5.37. The van der Waals surface area contributed by atoms with Crippen molar-refractivity contribution in [1.29, 1.82) is 0 Å². The van der Waals surface area contributed by atoms with Gasteiger partial charge in [-0.05, 0) is 30.7 Å². The molecule has 3 amide bonds. The van der Waals surface area contributed by atoms with Crippen molar-refractivity contribution >= 4 is 35.0 Å². The standard InChI is InChI=1S/C14H16ClN3O4/c15-9-3-5-10(6-4-9)18-13(21)8-11(14(18)22)16-17-12(20)2-1-7-19/h3-6,11,16,19H,1-2,7-8H2,(H,17,20)/t11-/m0/s1. The van der Waals surface area contributed by atoms with Gasteiger partial charge >= 0.3 is 0 Å². The largest absolute Gasteiger partial charge is 0.396 e. The molecule has 2 rings (SSSR count). The van der Waals surface area contributed by atoms with Crippen LogP contribution in [0.5, 0.6) is 0 Å². The van der Waals surface area contributed by atoms with E-state index in [1.807, 2.05) is 0 Å². The predicted octanol–water partition coefficient (Wildman–Crippen LogP) is 0.365. The fourth-order valence-electron chi connectivity index (χ4n) is 2.08. The third kappa shape index (κ3) is 3.82. The van der Waals surface area contributed by atoms with Gasteiger partial charge in [0, 0.05) is 18.1 Å². The van der Waals surface area contributed by atoms with Crippen molar-refractivity contribution in [3.63, 3.8) is 0 Å². The highest BCUT2D eigenvalue weighted by atomic mass is 35.5. The highest BCUT2D eigenvalue weighted by molar-refractivity contribution is 6.30. The van der Waals surface area contributed by atoms with Gasteiger partial charge in [-0.25, -0.2) is 10.3 Å². The van der Waals surface area contributed by atoms with Crippen LogP contribution in [-0.4, -0.2) is 35.5 Å². The number of aliphatic hydroxyl groups is 1. The fourth-order valence-corrected chi connectivity index (χ4v) is 2.20. The Labute approximate surface area is 132 Å². The van der Waals surface area contributed by atoms with Crippen LogP contribution in [0.15, 0.2) is 24.3 Å². The lowest BCUT2D eigenvalue weighted by Crippen LogP contribution is -2.48. The second kappa shape index (κ2) is 7.35. The van der Waals surface area contributed by atoms with Crippen LogP contribution in [-0.2, 0) is 14.4 Å². The van der Waals surface area contributed by atoms with Gasteiger partial charge in [0.25, 0.3) is 5.91 Å². The minimum atomic E-state index is -0.804. The Kier molecular flexibility index (Phi) is 5.48. The number of carbonyl (C=O) groups excluding carboxylic acids is 3. The molecule has 8 heteroatoms. The first-order chi connectivity index (χ1) is 10.5. The summed E-state index contributed by atoms with van der Waals surface area (Å²) in [7, 11) is 0. The number of imide groups is 1. The molecule has 0 spiro atoms. The van der Waals surface area contributed by atoms with Crippen molar-refractivity contribution in [3.05, 3.63) is 29.3 Å². The Balaban J connectivity index is 1.97. The van der Waals surface area contributed by atoms with E-state index in [0.717, 1.165) is 4.90 Å². The van der Waals surface area contributed by atoms with E-state index in [9.17, 15) is 14.4 Å². The summed E-state index contributed by atoms with van der Waals surface area (Å²) in [6, 6.07) is 5.55. The summed E-state index contributed by atoms with van der Waals surface area (Å²) in [5, 5.41) is 9.14. The number of benzene rings is 1. The molecule has 1 aromatic rings. The van der Waals surface area contributed by atoms with Crippen LogP contribution in [0.25, 0.3) is 0 Å². The first-order valence-corrected chi connectivity index (χ1v) is 7.18. The van der Waals surface area contributed by atoms with Crippen LogP contribution in [0.1, 0.15) is 19.3 Å². The monoisotopic (exact) mass is 325 g/mol. The molecule has 1 heterocycles. The lowest BCUT2D eigenvalue weighted by Gasteiger charge is -2.16. The van der Waals surface area contributed by atoms with Gasteiger partial charge in [-0.1, -0.05) is 11.6 Å². The lowest BCUT2D eigenvalue weighted by atomic mass is 10.2. The van der Waals surface area contributed by atoms with Gasteiger partial charge in [0.1, 0.15) is 6.04 Å². The first-order valence-electron chi connectivity index (χ1n) is 6.80. The number of nitrogens with zero attached hydrogens (tertiary/aromatic N) is 1. The molecule has 7 nitrogen and oxygen atoms in total. The average Bonchev–Trinajstić information content (AvgIpc) is 2.78. The summed E-state index contributed by atoms with van der Waals surface area (Å²) >= 11 is 5.78. The van der Waals surface area contributed by atoms with Crippen molar-refractivity contribution in [2.45, 2.75) is 25.3 Å². The number of aliphatic hydroxyl groups excluding tert-OH is 1. The lowest BCUT2D eigenvalue weighted by molar-refractivity contribution is -0.123. The average molecular weight is 326 g/mol. The van der Waals surface area contributed by atoms with Crippen molar-refractivity contribution < 1.29 is 19.5 Å². The van der Waals surface area contributed by atoms with Gasteiger partial charge < -0.3 is 5.11 Å². The summed E-state index contributed by atoms with van der Waals surface area (Å²) in [4.78, 5) is 36.7. The van der Waals surface area contributed by atoms with Gasteiger partial charge in [-0.15, -0.1) is 0 Å². The maximum atomic E-state index is 12.2. The van der Waals surface area contributed by atoms with Crippen LogP contribution in [0, 0.1) is 0 Å². The number of carbonyl (C=O) groups is 3. The van der Waals surface area contributed by atoms with E-state index >= 15 is 0 Å². The highest BCUT2D eigenvalue weighted by Crippen LogP contribution is 2.24. The third-order valence-electron chi connectivity index (χ3n) is 3.18. The summed E-state index contributed by atoms with van der Waals surface area (Å²) in [6.45, 7) is -0.0847. The summed E-state index contributed by atoms with van der Waals surface area (Å²) in [5.74, 6) is -1.14. The van der Waals surface area contributed by atoms with Gasteiger partial charge in [0.2, 0.25) is 11.8 Å². The summed E-state index contributed by atoms with van der Waals surface area (Å²) in [6.07, 6.45) is 0.433. The Bertz CT molecular complexity index is 576. The zero-order valence-electron chi connectivity index (χ0n) is 11.7. The molecule has 0 radical (unpaired) electrons. The predicted molar refractivity (Wildman–Crippen MR) is 79.9 cm³/mol. The van der Waals surface area contributed by atoms with E-state index in [-0.39, 0.29) is 31.3 Å². The first kappa shape index (κ1) is 16.4. The minimum Gasteiger partial charge on any atom is -0.396 e. The third-order valence-corrected chi connectivity index (χ3v) is 3.43. The number of amides is 3. The molecular weight excluding hydrogens is 310 g/mol. The molecule has 0 aliphatic carbocycles.